The Morgan fingerprint density at radius 1 is 0.525 bits per heavy atom. The Hall–Kier alpha value is -6.26. The largest absolute Gasteiger partial charge is 0.456 e. The fourth-order valence-corrected chi connectivity index (χ4v) is 10.3. The maximum Gasteiger partial charge on any atom is 0.333 e. The van der Waals surface area contributed by atoms with Crippen LogP contribution >= 0.6 is 0 Å². The van der Waals surface area contributed by atoms with E-state index in [2.05, 4.69) is 218 Å². The lowest BCUT2D eigenvalue weighted by atomic mass is 9.44. The van der Waals surface area contributed by atoms with Crippen molar-refractivity contribution < 1.29 is 4.42 Å². The molecule has 0 saturated heterocycles. The summed E-state index contributed by atoms with van der Waals surface area (Å²) in [6.45, 7) is 23.2. The first-order chi connectivity index (χ1) is 29.1. The van der Waals surface area contributed by atoms with E-state index in [9.17, 15) is 0 Å². The number of nitrogens with zero attached hydrogens (tertiary/aromatic N) is 2. The quantitative estimate of drug-likeness (QED) is 0.166. The predicted molar refractivity (Wildman–Crippen MR) is 261 cm³/mol. The standard InChI is InChI=1S/C57H53BN2O/c1-34-18-14-15-21-40(34)49-44-32-37(56(5,6)7)31-43-42-30-38(57(8,9)10)33-46-51(42)58(60(53(43)44)52(49)35-19-12-11-13-20-35)45-28-29-48-50(41-22-16-17-23-47(41)61-48)54(45)59(46)39-26-24-36(25-27-39)55(2,3)4/h11-33H,1-10H3. The molecule has 300 valence electrons. The molecule has 2 aliphatic heterocycles. The molecule has 3 nitrogen and oxygen atoms in total. The molecule has 4 heteroatoms. The van der Waals surface area contributed by atoms with Crippen molar-refractivity contribution in [3.8, 4) is 33.5 Å². The maximum absolute atomic E-state index is 6.73. The van der Waals surface area contributed by atoms with Gasteiger partial charge in [-0.1, -0.05) is 159 Å². The Labute approximate surface area is 360 Å². The minimum atomic E-state index is -0.124. The molecule has 0 unspecified atom stereocenters. The summed E-state index contributed by atoms with van der Waals surface area (Å²) in [4.78, 5) is 2.58. The molecule has 0 radical (unpaired) electrons. The molecule has 0 spiro atoms. The van der Waals surface area contributed by atoms with Crippen LogP contribution in [0.15, 0.2) is 144 Å². The first kappa shape index (κ1) is 37.7. The number of para-hydroxylation sites is 1. The smallest absolute Gasteiger partial charge is 0.333 e. The second-order valence-corrected chi connectivity index (χ2v) is 20.7. The summed E-state index contributed by atoms with van der Waals surface area (Å²) in [7, 11) is 0. The third-order valence-corrected chi connectivity index (χ3v) is 13.6. The number of rotatable bonds is 3. The molecule has 2 aliphatic rings. The molecule has 0 N–H and O–H groups in total. The van der Waals surface area contributed by atoms with Crippen LogP contribution in [-0.4, -0.2) is 11.3 Å². The normalized spacial score (nSPS) is 13.7. The zero-order valence-electron chi connectivity index (χ0n) is 37.2. The first-order valence-corrected chi connectivity index (χ1v) is 22.0. The minimum Gasteiger partial charge on any atom is -0.456 e. The lowest BCUT2D eigenvalue weighted by Crippen LogP contribution is -2.57. The van der Waals surface area contributed by atoms with Gasteiger partial charge in [0.05, 0.1) is 11.1 Å². The van der Waals surface area contributed by atoms with Gasteiger partial charge in [-0.2, -0.15) is 0 Å². The van der Waals surface area contributed by atoms with E-state index in [1.807, 2.05) is 0 Å². The first-order valence-electron chi connectivity index (χ1n) is 22.0. The van der Waals surface area contributed by atoms with Crippen LogP contribution in [0.5, 0.6) is 0 Å². The lowest BCUT2D eigenvalue weighted by molar-refractivity contribution is 0.589. The SMILES string of the molecule is Cc1ccccc1-c1c(-c2ccccc2)n2c3c(cc(C(C)(C)C)cc13)-c1cc(C(C)(C)C)cc3c1B2c1ccc2oc4ccccc4c2c1N3c1ccc(C(C)(C)C)cc1. The molecule has 2 aromatic heterocycles. The van der Waals surface area contributed by atoms with Gasteiger partial charge in [0.1, 0.15) is 11.2 Å². The summed E-state index contributed by atoms with van der Waals surface area (Å²) < 4.78 is 9.47. The molecule has 4 heterocycles. The fraction of sp³-hybridized carbons (Fsp3) is 0.228. The number of aromatic nitrogens is 1. The number of furan rings is 1. The summed E-state index contributed by atoms with van der Waals surface area (Å²) in [6, 6.07) is 52.7. The van der Waals surface area contributed by atoms with E-state index in [4.69, 9.17) is 4.42 Å². The highest BCUT2D eigenvalue weighted by molar-refractivity contribution is 6.90. The Kier molecular flexibility index (Phi) is 7.96. The summed E-state index contributed by atoms with van der Waals surface area (Å²) in [5.74, 6) is 0. The van der Waals surface area contributed by atoms with Crippen LogP contribution in [0, 0.1) is 6.92 Å². The number of fused-ring (bicyclic) bond motifs is 8. The second-order valence-electron chi connectivity index (χ2n) is 20.7. The van der Waals surface area contributed by atoms with Crippen molar-refractivity contribution in [2.45, 2.75) is 85.5 Å². The average Bonchev–Trinajstić information content (AvgIpc) is 3.78. The van der Waals surface area contributed by atoms with E-state index in [0.29, 0.717) is 0 Å². The van der Waals surface area contributed by atoms with Crippen LogP contribution in [0.1, 0.15) is 84.6 Å². The van der Waals surface area contributed by atoms with Gasteiger partial charge in [0.2, 0.25) is 0 Å². The predicted octanol–water partition coefficient (Wildman–Crippen LogP) is 14.5. The van der Waals surface area contributed by atoms with E-state index in [1.165, 1.54) is 89.0 Å². The third kappa shape index (κ3) is 5.57. The van der Waals surface area contributed by atoms with Crippen LogP contribution in [0.2, 0.25) is 0 Å². The van der Waals surface area contributed by atoms with Gasteiger partial charge in [0.15, 0.2) is 0 Å². The zero-order valence-corrected chi connectivity index (χ0v) is 37.2. The van der Waals surface area contributed by atoms with Crippen LogP contribution in [-0.2, 0) is 16.2 Å². The molecule has 0 amide bonds. The van der Waals surface area contributed by atoms with Crippen molar-refractivity contribution in [1.29, 1.82) is 0 Å². The van der Waals surface area contributed by atoms with Gasteiger partial charge in [-0.15, -0.1) is 0 Å². The van der Waals surface area contributed by atoms with Crippen LogP contribution in [0.4, 0.5) is 17.1 Å². The van der Waals surface area contributed by atoms with Crippen molar-refractivity contribution in [2.24, 2.45) is 0 Å². The Bertz CT molecular complexity index is 3250. The minimum absolute atomic E-state index is 0.0275. The van der Waals surface area contributed by atoms with E-state index in [0.717, 1.165) is 27.6 Å². The Balaban J connectivity index is 1.38. The number of benzene rings is 7. The molecule has 0 aliphatic carbocycles. The number of aryl methyl sites for hydroxylation is 1. The van der Waals surface area contributed by atoms with Crippen molar-refractivity contribution in [2.75, 3.05) is 4.90 Å². The molecule has 11 rings (SSSR count). The second kappa shape index (κ2) is 12.9. The van der Waals surface area contributed by atoms with Crippen molar-refractivity contribution in [1.82, 2.24) is 4.48 Å². The molecule has 0 saturated carbocycles. The molecule has 61 heavy (non-hydrogen) atoms. The van der Waals surface area contributed by atoms with Gasteiger partial charge in [-0.3, -0.25) is 0 Å². The average molecular weight is 793 g/mol. The lowest BCUT2D eigenvalue weighted by Gasteiger charge is -2.42. The van der Waals surface area contributed by atoms with Crippen LogP contribution in [0.3, 0.4) is 0 Å². The highest BCUT2D eigenvalue weighted by atomic mass is 16.3. The van der Waals surface area contributed by atoms with Crippen LogP contribution in [0.25, 0.3) is 66.4 Å². The van der Waals surface area contributed by atoms with E-state index >= 15 is 0 Å². The fourth-order valence-electron chi connectivity index (χ4n) is 10.3. The van der Waals surface area contributed by atoms with Gasteiger partial charge in [0, 0.05) is 44.5 Å². The number of hydrogen-bond acceptors (Lipinski definition) is 2. The number of hydrogen-bond donors (Lipinski definition) is 0. The monoisotopic (exact) mass is 792 g/mol. The Morgan fingerprint density at radius 3 is 1.87 bits per heavy atom. The highest BCUT2D eigenvalue weighted by Gasteiger charge is 2.46. The maximum atomic E-state index is 6.73. The van der Waals surface area contributed by atoms with Crippen LogP contribution < -0.4 is 15.8 Å². The van der Waals surface area contributed by atoms with Gasteiger partial charge in [0.25, 0.3) is 0 Å². The highest BCUT2D eigenvalue weighted by Crippen LogP contribution is 2.53. The topological polar surface area (TPSA) is 21.3 Å². The van der Waals surface area contributed by atoms with Gasteiger partial charge >= 0.3 is 6.85 Å². The summed E-state index contributed by atoms with van der Waals surface area (Å²) in [5, 5.41) is 3.59. The zero-order chi connectivity index (χ0) is 42.3. The van der Waals surface area contributed by atoms with Gasteiger partial charge in [-0.05, 0) is 116 Å². The van der Waals surface area contributed by atoms with Crippen molar-refractivity contribution in [3.05, 3.63) is 162 Å². The van der Waals surface area contributed by atoms with Gasteiger partial charge in [-0.25, -0.2) is 0 Å². The van der Waals surface area contributed by atoms with E-state index < -0.39 is 0 Å². The summed E-state index contributed by atoms with van der Waals surface area (Å²) >= 11 is 0. The molecule has 0 fully saturated rings. The third-order valence-electron chi connectivity index (χ3n) is 13.6. The molecule has 7 aromatic carbocycles. The molecule has 9 aromatic rings. The molecule has 0 atom stereocenters. The molecular formula is C57H53BN2O. The summed E-state index contributed by atoms with van der Waals surface area (Å²) in [6.07, 6.45) is 0. The summed E-state index contributed by atoms with van der Waals surface area (Å²) in [5.41, 5.74) is 22.0. The number of anilines is 3. The van der Waals surface area contributed by atoms with E-state index in [1.54, 1.807) is 0 Å². The van der Waals surface area contributed by atoms with Crippen molar-refractivity contribution >= 4 is 67.7 Å². The molecular weight excluding hydrogens is 739 g/mol. The van der Waals surface area contributed by atoms with E-state index in [-0.39, 0.29) is 23.1 Å². The Morgan fingerprint density at radius 2 is 1.16 bits per heavy atom. The van der Waals surface area contributed by atoms with Gasteiger partial charge < -0.3 is 13.8 Å². The van der Waals surface area contributed by atoms with Crippen molar-refractivity contribution in [3.63, 3.8) is 0 Å². The molecule has 0 bridgehead atoms.